The second kappa shape index (κ2) is 14.5. The van der Waals surface area contributed by atoms with Gasteiger partial charge in [0.15, 0.2) is 23.1 Å². The first-order chi connectivity index (χ1) is 21.8. The highest BCUT2D eigenvalue weighted by Gasteiger charge is 2.30. The summed E-state index contributed by atoms with van der Waals surface area (Å²) in [6, 6.07) is 3.78. The zero-order valence-electron chi connectivity index (χ0n) is 26.7. The lowest BCUT2D eigenvalue weighted by molar-refractivity contribution is -0.129. The molecule has 2 aliphatic heterocycles. The molecule has 1 aromatic carbocycles. The summed E-state index contributed by atoms with van der Waals surface area (Å²) in [6.07, 6.45) is 1.85. The standard InChI is InChI=1S/C30H41ClN8O6/c1-36-13-14-38(18-22(36)40)27-24-23(32-29(31)34-27)28(37-11-9-20(42-3)10-12-37)35-30(33-24)39(15-16-41-2)17-19-7-8-21(43-4)26(45-6)25(19)44-5/h7-8,20H,9-18H2,1-6H3. The van der Waals surface area contributed by atoms with Gasteiger partial charge in [-0.05, 0) is 36.6 Å². The molecule has 15 heteroatoms. The molecule has 4 heterocycles. The molecule has 2 saturated heterocycles. The average Bonchev–Trinajstić information content (AvgIpc) is 3.06. The number of hydrogen-bond acceptors (Lipinski definition) is 13. The van der Waals surface area contributed by atoms with Gasteiger partial charge in [0.1, 0.15) is 11.0 Å². The van der Waals surface area contributed by atoms with E-state index in [1.54, 1.807) is 47.5 Å². The molecular weight excluding hydrogens is 604 g/mol. The SMILES string of the molecule is COCCN(Cc1ccc(OC)c(OC)c1OC)c1nc(N2CCC(OC)CC2)c2nc(Cl)nc(N3CCN(C)C(=O)C3)c2n1. The van der Waals surface area contributed by atoms with E-state index in [2.05, 4.69) is 14.9 Å². The van der Waals surface area contributed by atoms with Crippen molar-refractivity contribution < 1.29 is 28.5 Å². The minimum Gasteiger partial charge on any atom is -0.493 e. The lowest BCUT2D eigenvalue weighted by Crippen LogP contribution is -2.49. The van der Waals surface area contributed by atoms with Crippen molar-refractivity contribution in [3.05, 3.63) is 23.0 Å². The van der Waals surface area contributed by atoms with E-state index < -0.39 is 0 Å². The van der Waals surface area contributed by atoms with E-state index in [9.17, 15) is 4.79 Å². The van der Waals surface area contributed by atoms with Gasteiger partial charge in [0.05, 0.1) is 40.6 Å². The molecule has 0 atom stereocenters. The maximum Gasteiger partial charge on any atom is 0.241 e. The number of benzene rings is 1. The average molecular weight is 645 g/mol. The van der Waals surface area contributed by atoms with Gasteiger partial charge in [-0.3, -0.25) is 4.79 Å². The summed E-state index contributed by atoms with van der Waals surface area (Å²) in [5.74, 6) is 3.20. The number of anilines is 3. The van der Waals surface area contributed by atoms with Crippen molar-refractivity contribution in [1.82, 2.24) is 24.8 Å². The van der Waals surface area contributed by atoms with Crippen LogP contribution in [0, 0.1) is 0 Å². The van der Waals surface area contributed by atoms with E-state index >= 15 is 0 Å². The van der Waals surface area contributed by atoms with Crippen molar-refractivity contribution in [1.29, 1.82) is 0 Å². The number of rotatable bonds is 12. The summed E-state index contributed by atoms with van der Waals surface area (Å²) in [4.78, 5) is 40.0. The Morgan fingerprint density at radius 3 is 2.22 bits per heavy atom. The van der Waals surface area contributed by atoms with Crippen LogP contribution in [-0.4, -0.2) is 125 Å². The molecule has 0 spiro atoms. The molecule has 45 heavy (non-hydrogen) atoms. The number of fused-ring (bicyclic) bond motifs is 1. The number of carbonyl (C=O) groups is 1. The molecule has 2 aliphatic rings. The second-order valence-electron chi connectivity index (χ2n) is 10.9. The molecule has 2 fully saturated rings. The van der Waals surface area contributed by atoms with E-state index in [-0.39, 0.29) is 23.8 Å². The fourth-order valence-corrected chi connectivity index (χ4v) is 5.88. The summed E-state index contributed by atoms with van der Waals surface area (Å²) < 4.78 is 28.1. The van der Waals surface area contributed by atoms with E-state index in [4.69, 9.17) is 45.3 Å². The molecule has 14 nitrogen and oxygen atoms in total. The minimum absolute atomic E-state index is 0.0115. The number of halogens is 1. The van der Waals surface area contributed by atoms with E-state index in [1.165, 1.54) is 0 Å². The zero-order chi connectivity index (χ0) is 32.1. The Hall–Kier alpha value is -3.88. The van der Waals surface area contributed by atoms with Crippen LogP contribution in [0.25, 0.3) is 11.0 Å². The van der Waals surface area contributed by atoms with E-state index in [0.29, 0.717) is 78.7 Å². The molecule has 2 aromatic heterocycles. The van der Waals surface area contributed by atoms with Gasteiger partial charge in [-0.1, -0.05) is 0 Å². The van der Waals surface area contributed by atoms with E-state index in [1.807, 2.05) is 21.9 Å². The number of carbonyl (C=O) groups excluding carboxylic acids is 1. The number of likely N-dealkylation sites (N-methyl/N-ethyl adjacent to an activating group) is 1. The quantitative estimate of drug-likeness (QED) is 0.268. The van der Waals surface area contributed by atoms with Crippen LogP contribution in [0.2, 0.25) is 5.28 Å². The van der Waals surface area contributed by atoms with Crippen LogP contribution in [0.3, 0.4) is 0 Å². The Bertz CT molecular complexity index is 1510. The van der Waals surface area contributed by atoms with Crippen LogP contribution in [-0.2, 0) is 20.8 Å². The molecule has 0 N–H and O–H groups in total. The second-order valence-corrected chi connectivity index (χ2v) is 11.3. The fourth-order valence-electron chi connectivity index (χ4n) is 5.72. The third-order valence-electron chi connectivity index (χ3n) is 8.29. The van der Waals surface area contributed by atoms with Crippen molar-refractivity contribution >= 4 is 46.1 Å². The number of piperidine rings is 1. The molecule has 3 aromatic rings. The van der Waals surface area contributed by atoms with Gasteiger partial charge in [-0.15, -0.1) is 0 Å². The van der Waals surface area contributed by atoms with Crippen LogP contribution < -0.4 is 28.9 Å². The summed E-state index contributed by atoms with van der Waals surface area (Å²) in [7, 11) is 9.95. The molecule has 0 saturated carbocycles. The number of ether oxygens (including phenoxy) is 5. The van der Waals surface area contributed by atoms with Crippen molar-refractivity contribution in [3.8, 4) is 17.2 Å². The maximum atomic E-state index is 12.7. The summed E-state index contributed by atoms with van der Waals surface area (Å²) in [5, 5.41) is 0.0690. The molecule has 244 valence electrons. The van der Waals surface area contributed by atoms with Gasteiger partial charge in [-0.2, -0.15) is 9.97 Å². The first-order valence-electron chi connectivity index (χ1n) is 14.8. The Balaban J connectivity index is 1.66. The summed E-state index contributed by atoms with van der Waals surface area (Å²) >= 11 is 6.53. The predicted octanol–water partition coefficient (Wildman–Crippen LogP) is 2.65. The molecule has 0 aliphatic carbocycles. The highest BCUT2D eigenvalue weighted by molar-refractivity contribution is 6.29. The van der Waals surface area contributed by atoms with Gasteiger partial charge in [0, 0.05) is 66.1 Å². The van der Waals surface area contributed by atoms with Crippen molar-refractivity contribution in [3.63, 3.8) is 0 Å². The Morgan fingerprint density at radius 2 is 1.58 bits per heavy atom. The lowest BCUT2D eigenvalue weighted by atomic mass is 10.1. The fraction of sp³-hybridized carbons (Fsp3) is 0.567. The van der Waals surface area contributed by atoms with Crippen LogP contribution >= 0.6 is 11.6 Å². The van der Waals surface area contributed by atoms with Gasteiger partial charge < -0.3 is 43.3 Å². The number of methoxy groups -OCH3 is 5. The van der Waals surface area contributed by atoms with Crippen molar-refractivity contribution in [2.24, 2.45) is 0 Å². The third-order valence-corrected chi connectivity index (χ3v) is 8.46. The molecule has 1 amide bonds. The monoisotopic (exact) mass is 644 g/mol. The first-order valence-corrected chi connectivity index (χ1v) is 15.2. The smallest absolute Gasteiger partial charge is 0.241 e. The maximum absolute atomic E-state index is 12.7. The van der Waals surface area contributed by atoms with Crippen LogP contribution in [0.4, 0.5) is 17.6 Å². The lowest BCUT2D eigenvalue weighted by Gasteiger charge is -2.35. The predicted molar refractivity (Wildman–Crippen MR) is 171 cm³/mol. The number of piperazine rings is 1. The van der Waals surface area contributed by atoms with Gasteiger partial charge in [0.2, 0.25) is 22.9 Å². The summed E-state index contributed by atoms with van der Waals surface area (Å²) in [5.41, 5.74) is 1.90. The highest BCUT2D eigenvalue weighted by Crippen LogP contribution is 2.41. The largest absolute Gasteiger partial charge is 0.493 e. The van der Waals surface area contributed by atoms with Crippen LogP contribution in [0.1, 0.15) is 18.4 Å². The Kier molecular flexibility index (Phi) is 10.5. The number of hydrogen-bond donors (Lipinski definition) is 0. The normalized spacial score (nSPS) is 16.0. The molecule has 0 unspecified atom stereocenters. The number of amides is 1. The van der Waals surface area contributed by atoms with Crippen molar-refractivity contribution in [2.45, 2.75) is 25.5 Å². The van der Waals surface area contributed by atoms with Gasteiger partial charge >= 0.3 is 0 Å². The Morgan fingerprint density at radius 1 is 0.867 bits per heavy atom. The minimum atomic E-state index is -0.0115. The third kappa shape index (κ3) is 6.87. The van der Waals surface area contributed by atoms with Crippen molar-refractivity contribution in [2.75, 3.05) is 103 Å². The van der Waals surface area contributed by atoms with E-state index in [0.717, 1.165) is 31.5 Å². The molecule has 0 radical (unpaired) electrons. The highest BCUT2D eigenvalue weighted by atomic mass is 35.5. The van der Waals surface area contributed by atoms with Gasteiger partial charge in [-0.25, -0.2) is 9.97 Å². The van der Waals surface area contributed by atoms with Crippen LogP contribution in [0.5, 0.6) is 17.2 Å². The molecule has 0 bridgehead atoms. The topological polar surface area (TPSA) is 128 Å². The Labute approximate surface area is 268 Å². The zero-order valence-corrected chi connectivity index (χ0v) is 27.5. The van der Waals surface area contributed by atoms with Gasteiger partial charge in [0.25, 0.3) is 0 Å². The molecule has 5 rings (SSSR count). The van der Waals surface area contributed by atoms with Crippen LogP contribution in [0.15, 0.2) is 12.1 Å². The summed E-state index contributed by atoms with van der Waals surface area (Å²) in [6.45, 7) is 3.99. The molecular formula is C30H41ClN8O6. The number of nitrogens with zero attached hydrogens (tertiary/aromatic N) is 8. The first kappa shape index (κ1) is 32.5. The number of aromatic nitrogens is 4.